The SMILES string of the molecule is CCOC(=O)c1ccc(N)c(N(C)CC2CCN(C)C2)c1. The molecule has 5 heteroatoms. The number of hydrogen-bond acceptors (Lipinski definition) is 5. The van der Waals surface area contributed by atoms with E-state index in [1.165, 1.54) is 6.42 Å². The Bertz CT molecular complexity index is 504. The van der Waals surface area contributed by atoms with Gasteiger partial charge in [-0.25, -0.2) is 4.79 Å². The normalized spacial score (nSPS) is 18.7. The van der Waals surface area contributed by atoms with Crippen LogP contribution in [0.3, 0.4) is 0 Å². The summed E-state index contributed by atoms with van der Waals surface area (Å²) < 4.78 is 5.05. The summed E-state index contributed by atoms with van der Waals surface area (Å²) in [5, 5.41) is 0. The van der Waals surface area contributed by atoms with Crippen molar-refractivity contribution in [1.82, 2.24) is 4.90 Å². The fourth-order valence-corrected chi connectivity index (χ4v) is 2.88. The zero-order valence-electron chi connectivity index (χ0n) is 13.1. The molecule has 21 heavy (non-hydrogen) atoms. The lowest BCUT2D eigenvalue weighted by atomic mass is 10.1. The first-order valence-corrected chi connectivity index (χ1v) is 7.47. The molecule has 1 unspecified atom stereocenters. The van der Waals surface area contributed by atoms with Crippen LogP contribution >= 0.6 is 0 Å². The molecule has 1 aromatic rings. The van der Waals surface area contributed by atoms with Gasteiger partial charge in [-0.3, -0.25) is 0 Å². The molecule has 0 aromatic heterocycles. The van der Waals surface area contributed by atoms with E-state index in [4.69, 9.17) is 10.5 Å². The monoisotopic (exact) mass is 291 g/mol. The Balaban J connectivity index is 2.10. The number of nitrogens with zero attached hydrogens (tertiary/aromatic N) is 2. The highest BCUT2D eigenvalue weighted by Crippen LogP contribution is 2.26. The highest BCUT2D eigenvalue weighted by atomic mass is 16.5. The molecular weight excluding hydrogens is 266 g/mol. The molecule has 1 saturated heterocycles. The molecule has 0 spiro atoms. The van der Waals surface area contributed by atoms with Gasteiger partial charge in [0.1, 0.15) is 0 Å². The van der Waals surface area contributed by atoms with E-state index in [-0.39, 0.29) is 5.97 Å². The fourth-order valence-electron chi connectivity index (χ4n) is 2.88. The van der Waals surface area contributed by atoms with E-state index in [9.17, 15) is 4.79 Å². The predicted octanol–water partition coefficient (Wildman–Crippen LogP) is 1.83. The molecule has 0 saturated carbocycles. The lowest BCUT2D eigenvalue weighted by Gasteiger charge is -2.25. The summed E-state index contributed by atoms with van der Waals surface area (Å²) in [6.07, 6.45) is 1.21. The Hall–Kier alpha value is -1.75. The highest BCUT2D eigenvalue weighted by molar-refractivity contribution is 5.92. The van der Waals surface area contributed by atoms with Gasteiger partial charge in [0.15, 0.2) is 0 Å². The molecule has 1 heterocycles. The van der Waals surface area contributed by atoms with Crippen LogP contribution < -0.4 is 10.6 Å². The van der Waals surface area contributed by atoms with E-state index in [1.54, 1.807) is 19.1 Å². The fraction of sp³-hybridized carbons (Fsp3) is 0.562. The predicted molar refractivity (Wildman–Crippen MR) is 85.7 cm³/mol. The van der Waals surface area contributed by atoms with Crippen LogP contribution in [0.5, 0.6) is 0 Å². The molecule has 1 aromatic carbocycles. The second kappa shape index (κ2) is 6.80. The summed E-state index contributed by atoms with van der Waals surface area (Å²) in [5.41, 5.74) is 8.20. The first kappa shape index (κ1) is 15.6. The third-order valence-corrected chi connectivity index (χ3v) is 3.97. The molecule has 1 fully saturated rings. The van der Waals surface area contributed by atoms with Gasteiger partial charge in [-0.15, -0.1) is 0 Å². The van der Waals surface area contributed by atoms with Crippen molar-refractivity contribution < 1.29 is 9.53 Å². The first-order chi connectivity index (χ1) is 10.0. The van der Waals surface area contributed by atoms with Gasteiger partial charge in [0, 0.05) is 20.1 Å². The number of anilines is 2. The number of hydrogen-bond donors (Lipinski definition) is 1. The number of rotatable bonds is 5. The van der Waals surface area contributed by atoms with Crippen LogP contribution in [0.1, 0.15) is 23.7 Å². The number of carbonyl (C=O) groups is 1. The van der Waals surface area contributed by atoms with Gasteiger partial charge in [0.25, 0.3) is 0 Å². The number of nitrogens with two attached hydrogens (primary N) is 1. The Morgan fingerprint density at radius 1 is 1.52 bits per heavy atom. The smallest absolute Gasteiger partial charge is 0.338 e. The van der Waals surface area contributed by atoms with Gasteiger partial charge < -0.3 is 20.3 Å². The highest BCUT2D eigenvalue weighted by Gasteiger charge is 2.22. The van der Waals surface area contributed by atoms with Gasteiger partial charge in [-0.05, 0) is 51.1 Å². The number of likely N-dealkylation sites (tertiary alicyclic amines) is 1. The molecule has 2 N–H and O–H groups in total. The van der Waals surface area contributed by atoms with Crippen LogP contribution in [0.25, 0.3) is 0 Å². The zero-order valence-corrected chi connectivity index (χ0v) is 13.1. The number of nitrogen functional groups attached to an aromatic ring is 1. The van der Waals surface area contributed by atoms with Crippen molar-refractivity contribution in [2.45, 2.75) is 13.3 Å². The number of carbonyl (C=O) groups excluding carboxylic acids is 1. The second-order valence-electron chi connectivity index (χ2n) is 5.79. The van der Waals surface area contributed by atoms with Crippen molar-refractivity contribution in [3.8, 4) is 0 Å². The van der Waals surface area contributed by atoms with E-state index in [2.05, 4.69) is 16.8 Å². The molecule has 2 rings (SSSR count). The number of benzene rings is 1. The van der Waals surface area contributed by atoms with Crippen LogP contribution in [-0.4, -0.2) is 51.2 Å². The summed E-state index contributed by atoms with van der Waals surface area (Å²) in [6.45, 7) is 5.39. The van der Waals surface area contributed by atoms with Gasteiger partial charge >= 0.3 is 5.97 Å². The van der Waals surface area contributed by atoms with E-state index < -0.39 is 0 Å². The van der Waals surface area contributed by atoms with Gasteiger partial charge in [-0.2, -0.15) is 0 Å². The first-order valence-electron chi connectivity index (χ1n) is 7.47. The zero-order chi connectivity index (χ0) is 15.4. The molecule has 1 aliphatic heterocycles. The van der Waals surface area contributed by atoms with Crippen molar-refractivity contribution in [2.24, 2.45) is 5.92 Å². The topological polar surface area (TPSA) is 58.8 Å². The summed E-state index contributed by atoms with van der Waals surface area (Å²) in [6, 6.07) is 5.32. The minimum Gasteiger partial charge on any atom is -0.462 e. The number of esters is 1. The Morgan fingerprint density at radius 2 is 2.29 bits per heavy atom. The van der Waals surface area contributed by atoms with Crippen molar-refractivity contribution >= 4 is 17.3 Å². The molecule has 1 atom stereocenters. The lowest BCUT2D eigenvalue weighted by Crippen LogP contribution is -2.28. The van der Waals surface area contributed by atoms with E-state index >= 15 is 0 Å². The van der Waals surface area contributed by atoms with Crippen molar-refractivity contribution in [3.05, 3.63) is 23.8 Å². The van der Waals surface area contributed by atoms with Crippen molar-refractivity contribution in [2.75, 3.05) is 51.0 Å². The van der Waals surface area contributed by atoms with Crippen molar-refractivity contribution in [1.29, 1.82) is 0 Å². The minimum atomic E-state index is -0.298. The van der Waals surface area contributed by atoms with Crippen LogP contribution in [0.15, 0.2) is 18.2 Å². The third-order valence-electron chi connectivity index (χ3n) is 3.97. The molecule has 0 radical (unpaired) electrons. The average molecular weight is 291 g/mol. The van der Waals surface area contributed by atoms with Crippen LogP contribution in [0.2, 0.25) is 0 Å². The van der Waals surface area contributed by atoms with Gasteiger partial charge in [0.2, 0.25) is 0 Å². The molecule has 5 nitrogen and oxygen atoms in total. The Kier molecular flexibility index (Phi) is 5.07. The van der Waals surface area contributed by atoms with Crippen LogP contribution in [0.4, 0.5) is 11.4 Å². The van der Waals surface area contributed by atoms with Crippen LogP contribution in [-0.2, 0) is 4.74 Å². The Morgan fingerprint density at radius 3 is 2.90 bits per heavy atom. The quantitative estimate of drug-likeness (QED) is 0.662. The van der Waals surface area contributed by atoms with E-state index in [0.717, 1.165) is 25.3 Å². The minimum absolute atomic E-state index is 0.298. The maximum atomic E-state index is 11.8. The standard InChI is InChI=1S/C16H25N3O2/c1-4-21-16(20)13-5-6-14(17)15(9-13)19(3)11-12-7-8-18(2)10-12/h5-6,9,12H,4,7-8,10-11,17H2,1-3H3. The third kappa shape index (κ3) is 3.88. The molecule has 1 aliphatic rings. The second-order valence-corrected chi connectivity index (χ2v) is 5.79. The summed E-state index contributed by atoms with van der Waals surface area (Å²) in [7, 11) is 4.18. The van der Waals surface area contributed by atoms with E-state index in [0.29, 0.717) is 23.8 Å². The summed E-state index contributed by atoms with van der Waals surface area (Å²) >= 11 is 0. The van der Waals surface area contributed by atoms with Gasteiger partial charge in [-0.1, -0.05) is 0 Å². The molecule has 0 aliphatic carbocycles. The molecule has 0 amide bonds. The number of ether oxygens (including phenoxy) is 1. The average Bonchev–Trinajstić information content (AvgIpc) is 2.84. The van der Waals surface area contributed by atoms with Gasteiger partial charge in [0.05, 0.1) is 23.5 Å². The Labute approximate surface area is 126 Å². The summed E-state index contributed by atoms with van der Waals surface area (Å²) in [5.74, 6) is 0.346. The molecule has 0 bridgehead atoms. The summed E-state index contributed by atoms with van der Waals surface area (Å²) in [4.78, 5) is 16.3. The molecule has 116 valence electrons. The van der Waals surface area contributed by atoms with Crippen molar-refractivity contribution in [3.63, 3.8) is 0 Å². The van der Waals surface area contributed by atoms with Crippen LogP contribution in [0, 0.1) is 5.92 Å². The molecular formula is C16H25N3O2. The maximum Gasteiger partial charge on any atom is 0.338 e. The largest absolute Gasteiger partial charge is 0.462 e. The van der Waals surface area contributed by atoms with E-state index in [1.807, 2.05) is 13.1 Å². The lowest BCUT2D eigenvalue weighted by molar-refractivity contribution is 0.0526. The maximum absolute atomic E-state index is 11.8.